The van der Waals surface area contributed by atoms with E-state index in [0.717, 1.165) is 26.7 Å². The SMILES string of the molecule is CCOc1ccccc1N(CC(=O)N[C@H](C)c1cc(C(C)C)c(OC)cc1C)S(=O)(=O)c1ccccc1. The minimum absolute atomic E-state index is 0.0923. The highest BCUT2D eigenvalue weighted by Gasteiger charge is 2.30. The van der Waals surface area contributed by atoms with Gasteiger partial charge in [-0.3, -0.25) is 9.10 Å². The fraction of sp³-hybridized carbons (Fsp3) is 0.345. The fourth-order valence-corrected chi connectivity index (χ4v) is 5.72. The zero-order chi connectivity index (χ0) is 27.2. The number of amides is 1. The van der Waals surface area contributed by atoms with Crippen LogP contribution in [0.15, 0.2) is 71.6 Å². The standard InChI is InChI=1S/C29H36N2O5S/c1-7-36-27-16-12-11-15-26(27)31(37(33,34)23-13-9-8-10-14-23)19-29(32)30-22(5)25-18-24(20(2)3)28(35-6)17-21(25)4/h8-18,20,22H,7,19H2,1-6H3,(H,30,32)/t22-/m1/s1. The summed E-state index contributed by atoms with van der Waals surface area (Å²) in [6, 6.07) is 18.6. The number of carbonyl (C=O) groups is 1. The van der Waals surface area contributed by atoms with Crippen molar-refractivity contribution >= 4 is 21.6 Å². The van der Waals surface area contributed by atoms with Gasteiger partial charge in [0.05, 0.1) is 30.3 Å². The van der Waals surface area contributed by atoms with Gasteiger partial charge in [0, 0.05) is 0 Å². The van der Waals surface area contributed by atoms with Crippen molar-refractivity contribution in [3.05, 3.63) is 83.4 Å². The highest BCUT2D eigenvalue weighted by atomic mass is 32.2. The van der Waals surface area contributed by atoms with Crippen molar-refractivity contribution in [2.75, 3.05) is 24.6 Å². The molecule has 1 amide bonds. The van der Waals surface area contributed by atoms with Crippen LogP contribution in [-0.4, -0.2) is 34.6 Å². The van der Waals surface area contributed by atoms with Gasteiger partial charge in [0.25, 0.3) is 10.0 Å². The summed E-state index contributed by atoms with van der Waals surface area (Å²) in [7, 11) is -2.40. The number of hydrogen-bond donors (Lipinski definition) is 1. The lowest BCUT2D eigenvalue weighted by atomic mass is 9.93. The molecular formula is C29H36N2O5S. The Morgan fingerprint density at radius 1 is 0.946 bits per heavy atom. The largest absolute Gasteiger partial charge is 0.496 e. The molecular weight excluding hydrogens is 488 g/mol. The van der Waals surface area contributed by atoms with Crippen LogP contribution in [-0.2, 0) is 14.8 Å². The Hall–Kier alpha value is -3.52. The Labute approximate surface area is 220 Å². The van der Waals surface area contributed by atoms with E-state index in [2.05, 4.69) is 19.2 Å². The summed E-state index contributed by atoms with van der Waals surface area (Å²) in [6.07, 6.45) is 0. The minimum Gasteiger partial charge on any atom is -0.496 e. The zero-order valence-corrected chi connectivity index (χ0v) is 23.1. The predicted molar refractivity (Wildman–Crippen MR) is 147 cm³/mol. The molecule has 0 aliphatic carbocycles. The molecule has 3 aromatic rings. The van der Waals surface area contributed by atoms with Crippen molar-refractivity contribution in [2.45, 2.75) is 51.5 Å². The molecule has 0 aliphatic rings. The first-order valence-corrected chi connectivity index (χ1v) is 13.8. The van der Waals surface area contributed by atoms with Gasteiger partial charge in [-0.1, -0.05) is 44.2 Å². The molecule has 37 heavy (non-hydrogen) atoms. The number of anilines is 1. The van der Waals surface area contributed by atoms with Crippen LogP contribution in [0.5, 0.6) is 11.5 Å². The number of para-hydroxylation sites is 2. The molecule has 0 bridgehead atoms. The fourth-order valence-electron chi connectivity index (χ4n) is 4.27. The third kappa shape index (κ3) is 6.43. The van der Waals surface area contributed by atoms with Gasteiger partial charge in [-0.2, -0.15) is 0 Å². The molecule has 0 aliphatic heterocycles. The summed E-state index contributed by atoms with van der Waals surface area (Å²) in [5.74, 6) is 0.999. The maximum absolute atomic E-state index is 13.7. The molecule has 3 aromatic carbocycles. The average Bonchev–Trinajstić information content (AvgIpc) is 2.87. The van der Waals surface area contributed by atoms with E-state index in [0.29, 0.717) is 18.0 Å². The summed E-state index contributed by atoms with van der Waals surface area (Å²) in [4.78, 5) is 13.4. The van der Waals surface area contributed by atoms with Gasteiger partial charge < -0.3 is 14.8 Å². The van der Waals surface area contributed by atoms with Crippen molar-refractivity contribution in [1.29, 1.82) is 0 Å². The van der Waals surface area contributed by atoms with Crippen molar-refractivity contribution in [1.82, 2.24) is 5.32 Å². The molecule has 1 N–H and O–H groups in total. The molecule has 0 saturated heterocycles. The van der Waals surface area contributed by atoms with Crippen molar-refractivity contribution in [2.24, 2.45) is 0 Å². The van der Waals surface area contributed by atoms with Crippen LogP contribution in [0.25, 0.3) is 0 Å². The van der Waals surface area contributed by atoms with Gasteiger partial charge >= 0.3 is 0 Å². The second-order valence-corrected chi connectivity index (χ2v) is 11.0. The summed E-state index contributed by atoms with van der Waals surface area (Å²) in [6.45, 7) is 9.80. The molecule has 7 nitrogen and oxygen atoms in total. The van der Waals surface area contributed by atoms with Gasteiger partial charge in [-0.25, -0.2) is 8.42 Å². The second-order valence-electron chi connectivity index (χ2n) is 9.12. The van der Waals surface area contributed by atoms with Crippen LogP contribution in [0.1, 0.15) is 56.3 Å². The van der Waals surface area contributed by atoms with Crippen LogP contribution in [0.4, 0.5) is 5.69 Å². The quantitative estimate of drug-likeness (QED) is 0.353. The molecule has 0 heterocycles. The van der Waals surface area contributed by atoms with E-state index in [1.165, 1.54) is 12.1 Å². The molecule has 198 valence electrons. The molecule has 0 spiro atoms. The number of nitrogens with zero attached hydrogens (tertiary/aromatic N) is 1. The maximum atomic E-state index is 13.7. The summed E-state index contributed by atoms with van der Waals surface area (Å²) in [5, 5.41) is 2.99. The minimum atomic E-state index is -4.05. The third-order valence-corrected chi connectivity index (χ3v) is 7.91. The normalized spacial score (nSPS) is 12.2. The Balaban J connectivity index is 1.95. The van der Waals surface area contributed by atoms with Crippen molar-refractivity contribution in [3.63, 3.8) is 0 Å². The molecule has 0 saturated carbocycles. The van der Waals surface area contributed by atoms with Crippen LogP contribution in [0.3, 0.4) is 0 Å². The van der Waals surface area contributed by atoms with E-state index in [1.54, 1.807) is 49.6 Å². The Bertz CT molecular complexity index is 1320. The van der Waals surface area contributed by atoms with Gasteiger partial charge in [-0.15, -0.1) is 0 Å². The van der Waals surface area contributed by atoms with Crippen molar-refractivity contribution in [3.8, 4) is 11.5 Å². The van der Waals surface area contributed by atoms with Crippen LogP contribution in [0.2, 0.25) is 0 Å². The van der Waals surface area contributed by atoms with Crippen LogP contribution >= 0.6 is 0 Å². The predicted octanol–water partition coefficient (Wildman–Crippen LogP) is 5.60. The van der Waals surface area contributed by atoms with E-state index in [-0.39, 0.29) is 16.9 Å². The van der Waals surface area contributed by atoms with Gasteiger partial charge in [0.1, 0.15) is 18.0 Å². The second kappa shape index (κ2) is 12.1. The smallest absolute Gasteiger partial charge is 0.264 e. The summed E-state index contributed by atoms with van der Waals surface area (Å²) < 4.78 is 39.8. The Morgan fingerprint density at radius 2 is 1.59 bits per heavy atom. The first-order chi connectivity index (χ1) is 17.6. The van der Waals surface area contributed by atoms with Crippen LogP contribution in [0, 0.1) is 6.92 Å². The van der Waals surface area contributed by atoms with E-state index in [4.69, 9.17) is 9.47 Å². The van der Waals surface area contributed by atoms with E-state index in [1.807, 2.05) is 32.9 Å². The molecule has 0 unspecified atom stereocenters. The highest BCUT2D eigenvalue weighted by molar-refractivity contribution is 7.92. The number of sulfonamides is 1. The van der Waals surface area contributed by atoms with Crippen LogP contribution < -0.4 is 19.1 Å². The van der Waals surface area contributed by atoms with Gasteiger partial charge in [-0.05, 0) is 79.8 Å². The first kappa shape index (κ1) is 28.1. The maximum Gasteiger partial charge on any atom is 0.264 e. The Kier molecular flexibility index (Phi) is 9.21. The lowest BCUT2D eigenvalue weighted by Gasteiger charge is -2.27. The van der Waals surface area contributed by atoms with E-state index in [9.17, 15) is 13.2 Å². The van der Waals surface area contributed by atoms with E-state index >= 15 is 0 Å². The van der Waals surface area contributed by atoms with Gasteiger partial charge in [0.15, 0.2) is 0 Å². The Morgan fingerprint density at radius 3 is 2.22 bits per heavy atom. The number of nitrogens with one attached hydrogen (secondary N) is 1. The van der Waals surface area contributed by atoms with Gasteiger partial charge in [0.2, 0.25) is 5.91 Å². The average molecular weight is 525 g/mol. The molecule has 3 rings (SSSR count). The molecule has 0 radical (unpaired) electrons. The van der Waals surface area contributed by atoms with E-state index < -0.39 is 22.5 Å². The highest BCUT2D eigenvalue weighted by Crippen LogP contribution is 2.34. The monoisotopic (exact) mass is 524 g/mol. The molecule has 0 fully saturated rings. The summed E-state index contributed by atoms with van der Waals surface area (Å²) >= 11 is 0. The zero-order valence-electron chi connectivity index (χ0n) is 22.3. The number of hydrogen-bond acceptors (Lipinski definition) is 5. The first-order valence-electron chi connectivity index (χ1n) is 12.4. The topological polar surface area (TPSA) is 84.9 Å². The molecule has 0 aromatic heterocycles. The molecule has 8 heteroatoms. The number of aryl methyl sites for hydroxylation is 1. The lowest BCUT2D eigenvalue weighted by molar-refractivity contribution is -0.120. The lowest BCUT2D eigenvalue weighted by Crippen LogP contribution is -2.41. The van der Waals surface area contributed by atoms with Crippen molar-refractivity contribution < 1.29 is 22.7 Å². The number of benzene rings is 3. The number of methoxy groups -OCH3 is 1. The summed E-state index contributed by atoms with van der Waals surface area (Å²) in [5.41, 5.74) is 3.27. The number of ether oxygens (including phenoxy) is 2. The third-order valence-electron chi connectivity index (χ3n) is 6.14. The molecule has 1 atom stereocenters. The number of carbonyl (C=O) groups excluding carboxylic acids is 1. The number of rotatable bonds is 11.